The minimum Gasteiger partial charge on any atom is -0.481 e. The second-order valence-electron chi connectivity index (χ2n) is 5.74. The maximum absolute atomic E-state index is 10.3. The van der Waals surface area contributed by atoms with Gasteiger partial charge >= 0.3 is 5.97 Å². The van der Waals surface area contributed by atoms with Crippen molar-refractivity contribution < 1.29 is 59.8 Å². The smallest absolute Gasteiger partial charge is 0.303 e. The van der Waals surface area contributed by atoms with E-state index in [2.05, 4.69) is 6.92 Å². The molecule has 0 aromatic heterocycles. The van der Waals surface area contributed by atoms with Gasteiger partial charge in [-0.1, -0.05) is 90.4 Å². The molecule has 0 aliphatic rings. The molecule has 0 rings (SSSR count). The van der Waals surface area contributed by atoms with Crippen LogP contribution in [-0.2, 0) is 4.79 Å². The molecule has 0 unspecified atom stereocenters. The molecule has 115 valence electrons. The molecule has 1 radical (unpaired) electrons. The van der Waals surface area contributed by atoms with Crippen molar-refractivity contribution in [3.8, 4) is 0 Å². The van der Waals surface area contributed by atoms with Crippen molar-refractivity contribution >= 4 is 5.97 Å². The number of rotatable bonds is 15. The van der Waals surface area contributed by atoms with Crippen molar-refractivity contribution in [1.82, 2.24) is 0 Å². The Kier molecular flexibility index (Phi) is 23.4. The summed E-state index contributed by atoms with van der Waals surface area (Å²) < 4.78 is 0. The molecule has 3 heteroatoms. The summed E-state index contributed by atoms with van der Waals surface area (Å²) in [4.78, 5) is 10.3. The molecule has 0 aliphatic heterocycles. The average Bonchev–Trinajstić information content (AvgIpc) is 2.39. The first-order chi connectivity index (χ1) is 9.27. The molecule has 0 aromatic rings. The van der Waals surface area contributed by atoms with Gasteiger partial charge in [0.2, 0.25) is 0 Å². The van der Waals surface area contributed by atoms with Crippen LogP contribution in [0.25, 0.3) is 0 Å². The van der Waals surface area contributed by atoms with Gasteiger partial charge in [-0.3, -0.25) is 4.79 Å². The number of aliphatic carboxylic acids is 1. The summed E-state index contributed by atoms with van der Waals surface area (Å²) in [7, 11) is 0. The Labute approximate surface area is 167 Å². The quantitative estimate of drug-likeness (QED) is 0.287. The van der Waals surface area contributed by atoms with Gasteiger partial charge < -0.3 is 5.11 Å². The number of unbranched alkanes of at least 4 members (excludes halogenated alkanes) is 13. The number of carboxylic acids is 1. The van der Waals surface area contributed by atoms with Crippen LogP contribution in [0.3, 0.4) is 0 Å². The van der Waals surface area contributed by atoms with E-state index in [0.29, 0.717) is 6.42 Å². The summed E-state index contributed by atoms with van der Waals surface area (Å²) in [5.41, 5.74) is 0. The van der Waals surface area contributed by atoms with Gasteiger partial charge in [-0.25, -0.2) is 0 Å². The standard InChI is InChI=1S/C17H34O2.Fr/c1-2-3-4-5-6-7-8-9-10-11-12-13-14-15-16-17(18)19;/h2-16H2,1H3,(H,18,19);. The van der Waals surface area contributed by atoms with Gasteiger partial charge in [0, 0.05) is 56.3 Å². The zero-order chi connectivity index (χ0) is 14.2. The molecule has 1 N–H and O–H groups in total. The molecule has 0 atom stereocenters. The van der Waals surface area contributed by atoms with E-state index in [9.17, 15) is 4.79 Å². The summed E-state index contributed by atoms with van der Waals surface area (Å²) in [5.74, 6) is -0.654. The maximum Gasteiger partial charge on any atom is 0.303 e. The van der Waals surface area contributed by atoms with Crippen LogP contribution in [0.5, 0.6) is 0 Å². The van der Waals surface area contributed by atoms with Crippen LogP contribution in [-0.4, -0.2) is 11.1 Å². The number of hydrogen-bond acceptors (Lipinski definition) is 1. The molecule has 20 heavy (non-hydrogen) atoms. The summed E-state index contributed by atoms with van der Waals surface area (Å²) in [6.07, 6.45) is 18.7. The van der Waals surface area contributed by atoms with Crippen molar-refractivity contribution in [2.75, 3.05) is 0 Å². The Morgan fingerprint density at radius 1 is 0.650 bits per heavy atom. The van der Waals surface area contributed by atoms with E-state index in [1.807, 2.05) is 0 Å². The third-order valence-corrected chi connectivity index (χ3v) is 3.74. The summed E-state index contributed by atoms with van der Waals surface area (Å²) >= 11 is 0. The van der Waals surface area contributed by atoms with Gasteiger partial charge in [-0.05, 0) is 6.42 Å². The molecule has 0 bridgehead atoms. The second-order valence-corrected chi connectivity index (χ2v) is 5.74. The molecule has 0 aliphatic carbocycles. The molecule has 0 heterocycles. The monoisotopic (exact) mass is 493 g/mol. The zero-order valence-electron chi connectivity index (χ0n) is 14.0. The fourth-order valence-electron chi connectivity index (χ4n) is 2.47. The van der Waals surface area contributed by atoms with Crippen LogP contribution in [0, 0.1) is 49.9 Å². The first-order valence-corrected chi connectivity index (χ1v) is 8.49. The van der Waals surface area contributed by atoms with Crippen molar-refractivity contribution in [3.63, 3.8) is 0 Å². The minimum atomic E-state index is -0.654. The molecule has 0 saturated heterocycles. The van der Waals surface area contributed by atoms with Gasteiger partial charge in [0.25, 0.3) is 0 Å². The second kappa shape index (κ2) is 20.1. The largest absolute Gasteiger partial charge is 0.481 e. The summed E-state index contributed by atoms with van der Waals surface area (Å²) in [6.45, 7) is 2.27. The predicted molar refractivity (Wildman–Crippen MR) is 82.6 cm³/mol. The van der Waals surface area contributed by atoms with Gasteiger partial charge in [0.05, 0.1) is 0 Å². The molecule has 0 spiro atoms. The maximum atomic E-state index is 10.3. The van der Waals surface area contributed by atoms with E-state index in [4.69, 9.17) is 5.11 Å². The Bertz CT molecular complexity index is 195. The van der Waals surface area contributed by atoms with Crippen LogP contribution in [0.1, 0.15) is 103 Å². The number of carbonyl (C=O) groups is 1. The number of carboxylic acid groups (broad SMARTS) is 1. The van der Waals surface area contributed by atoms with Crippen LogP contribution in [0.4, 0.5) is 0 Å². The SMILES string of the molecule is CCCCCCCCCCCCCCCCC(=O)O.[Fr]. The number of hydrogen-bond donors (Lipinski definition) is 1. The van der Waals surface area contributed by atoms with Gasteiger partial charge in [0.15, 0.2) is 0 Å². The van der Waals surface area contributed by atoms with Crippen molar-refractivity contribution in [1.29, 1.82) is 0 Å². The van der Waals surface area contributed by atoms with E-state index in [-0.39, 0.29) is 49.9 Å². The minimum absolute atomic E-state index is 0. The molecule has 0 aromatic carbocycles. The molecule has 2 nitrogen and oxygen atoms in total. The topological polar surface area (TPSA) is 37.3 Å². The summed E-state index contributed by atoms with van der Waals surface area (Å²) in [5, 5.41) is 8.50. The molecule has 0 fully saturated rings. The Balaban J connectivity index is 0. The van der Waals surface area contributed by atoms with E-state index in [1.54, 1.807) is 0 Å². The Hall–Kier alpha value is 1.07. The normalized spacial score (nSPS) is 10.2. The zero-order valence-corrected chi connectivity index (χ0v) is 22.2. The fourth-order valence-corrected chi connectivity index (χ4v) is 2.47. The van der Waals surface area contributed by atoms with Crippen LogP contribution >= 0.6 is 0 Å². The van der Waals surface area contributed by atoms with Crippen LogP contribution < -0.4 is 0 Å². The van der Waals surface area contributed by atoms with Gasteiger partial charge in [-0.2, -0.15) is 0 Å². The van der Waals surface area contributed by atoms with Gasteiger partial charge in [0.1, 0.15) is 0 Å². The third-order valence-electron chi connectivity index (χ3n) is 3.74. The predicted octanol–water partition coefficient (Wildman–Crippen LogP) is 5.94. The molecular weight excluding hydrogens is 459 g/mol. The van der Waals surface area contributed by atoms with Crippen molar-refractivity contribution in [2.45, 2.75) is 103 Å². The van der Waals surface area contributed by atoms with E-state index >= 15 is 0 Å². The average molecular weight is 493 g/mol. The van der Waals surface area contributed by atoms with E-state index < -0.39 is 5.97 Å². The first-order valence-electron chi connectivity index (χ1n) is 8.49. The van der Waals surface area contributed by atoms with E-state index in [1.165, 1.54) is 77.0 Å². The Morgan fingerprint density at radius 3 is 1.25 bits per heavy atom. The van der Waals surface area contributed by atoms with Crippen molar-refractivity contribution in [2.24, 2.45) is 0 Å². The van der Waals surface area contributed by atoms with Crippen molar-refractivity contribution in [3.05, 3.63) is 0 Å². The van der Waals surface area contributed by atoms with Gasteiger partial charge in [-0.15, -0.1) is 0 Å². The first kappa shape index (κ1) is 23.3. The Morgan fingerprint density at radius 2 is 0.950 bits per heavy atom. The third kappa shape index (κ3) is 21.4. The molecule has 0 amide bonds. The summed E-state index contributed by atoms with van der Waals surface area (Å²) in [6, 6.07) is 0. The molecular formula is C17H34FrO2. The molecule has 0 saturated carbocycles. The van der Waals surface area contributed by atoms with Crippen LogP contribution in [0.2, 0.25) is 0 Å². The van der Waals surface area contributed by atoms with Crippen LogP contribution in [0.15, 0.2) is 0 Å². The fraction of sp³-hybridized carbons (Fsp3) is 0.941. The van der Waals surface area contributed by atoms with E-state index in [0.717, 1.165) is 12.8 Å².